The standard InChI is InChI=1S/C12H22N2O/c1-9(11-3-2-4-11)14-12(15)8-13-7-10-5-6-10/h9-11,13H,2-8H2,1H3,(H,14,15). The zero-order valence-corrected chi connectivity index (χ0v) is 9.59. The van der Waals surface area contributed by atoms with Crippen LogP contribution in [0.5, 0.6) is 0 Å². The maximum atomic E-state index is 11.5. The molecule has 0 heterocycles. The van der Waals surface area contributed by atoms with Crippen LogP contribution in [0.15, 0.2) is 0 Å². The van der Waals surface area contributed by atoms with Gasteiger partial charge in [-0.1, -0.05) is 6.42 Å². The van der Waals surface area contributed by atoms with E-state index in [-0.39, 0.29) is 5.91 Å². The second-order valence-electron chi connectivity index (χ2n) is 5.12. The molecule has 1 atom stereocenters. The monoisotopic (exact) mass is 210 g/mol. The molecular formula is C12H22N2O. The largest absolute Gasteiger partial charge is 0.352 e. The molecule has 0 radical (unpaired) electrons. The van der Waals surface area contributed by atoms with Crippen LogP contribution in [0.2, 0.25) is 0 Å². The second-order valence-corrected chi connectivity index (χ2v) is 5.12. The number of nitrogens with one attached hydrogen (secondary N) is 2. The summed E-state index contributed by atoms with van der Waals surface area (Å²) < 4.78 is 0. The van der Waals surface area contributed by atoms with Crippen LogP contribution in [0.3, 0.4) is 0 Å². The van der Waals surface area contributed by atoms with Crippen molar-refractivity contribution in [2.24, 2.45) is 11.8 Å². The fourth-order valence-corrected chi connectivity index (χ4v) is 2.07. The molecule has 1 unspecified atom stereocenters. The maximum absolute atomic E-state index is 11.5. The van der Waals surface area contributed by atoms with E-state index in [0.717, 1.165) is 18.4 Å². The van der Waals surface area contributed by atoms with Crippen molar-refractivity contribution in [3.8, 4) is 0 Å². The molecule has 0 aliphatic heterocycles. The molecule has 1 amide bonds. The second kappa shape index (κ2) is 4.97. The Morgan fingerprint density at radius 2 is 2.07 bits per heavy atom. The topological polar surface area (TPSA) is 41.1 Å². The Bertz CT molecular complexity index is 222. The Hall–Kier alpha value is -0.570. The van der Waals surface area contributed by atoms with E-state index in [1.54, 1.807) is 0 Å². The third kappa shape index (κ3) is 3.49. The fraction of sp³-hybridized carbons (Fsp3) is 0.917. The minimum Gasteiger partial charge on any atom is -0.352 e. The third-order valence-electron chi connectivity index (χ3n) is 3.66. The average molecular weight is 210 g/mol. The number of rotatable bonds is 6. The number of carbonyl (C=O) groups is 1. The predicted molar refractivity (Wildman–Crippen MR) is 60.5 cm³/mol. The fourth-order valence-electron chi connectivity index (χ4n) is 2.07. The summed E-state index contributed by atoms with van der Waals surface area (Å²) in [7, 11) is 0. The van der Waals surface area contributed by atoms with E-state index in [1.165, 1.54) is 32.1 Å². The van der Waals surface area contributed by atoms with E-state index in [2.05, 4.69) is 17.6 Å². The normalized spacial score (nSPS) is 23.3. The van der Waals surface area contributed by atoms with Gasteiger partial charge >= 0.3 is 0 Å². The molecule has 86 valence electrons. The van der Waals surface area contributed by atoms with Gasteiger partial charge in [-0.05, 0) is 51.0 Å². The van der Waals surface area contributed by atoms with Gasteiger partial charge in [-0.15, -0.1) is 0 Å². The van der Waals surface area contributed by atoms with Crippen molar-refractivity contribution in [1.29, 1.82) is 0 Å². The lowest BCUT2D eigenvalue weighted by Gasteiger charge is -2.31. The molecule has 3 nitrogen and oxygen atoms in total. The van der Waals surface area contributed by atoms with Crippen molar-refractivity contribution in [3.63, 3.8) is 0 Å². The Labute approximate surface area is 92.0 Å². The van der Waals surface area contributed by atoms with Crippen molar-refractivity contribution in [3.05, 3.63) is 0 Å². The van der Waals surface area contributed by atoms with Crippen LogP contribution in [0.1, 0.15) is 39.0 Å². The SMILES string of the molecule is CC(NC(=O)CNCC1CC1)C1CCC1. The highest BCUT2D eigenvalue weighted by Gasteiger charge is 2.25. The number of hydrogen-bond donors (Lipinski definition) is 2. The predicted octanol–water partition coefficient (Wildman–Crippen LogP) is 1.29. The quantitative estimate of drug-likeness (QED) is 0.693. The van der Waals surface area contributed by atoms with Gasteiger partial charge in [-0.2, -0.15) is 0 Å². The Balaban J connectivity index is 1.54. The first-order valence-corrected chi connectivity index (χ1v) is 6.26. The summed E-state index contributed by atoms with van der Waals surface area (Å²) >= 11 is 0. The zero-order valence-electron chi connectivity index (χ0n) is 9.59. The highest BCUT2D eigenvalue weighted by Crippen LogP contribution is 2.29. The van der Waals surface area contributed by atoms with Crippen molar-refractivity contribution in [2.75, 3.05) is 13.1 Å². The summed E-state index contributed by atoms with van der Waals surface area (Å²) in [6, 6.07) is 0.369. The first kappa shape index (κ1) is 10.9. The maximum Gasteiger partial charge on any atom is 0.234 e. The summed E-state index contributed by atoms with van der Waals surface area (Å²) in [4.78, 5) is 11.5. The van der Waals surface area contributed by atoms with Crippen LogP contribution in [0, 0.1) is 11.8 Å². The van der Waals surface area contributed by atoms with E-state index in [1.807, 2.05) is 0 Å². The lowest BCUT2D eigenvalue weighted by Crippen LogP contribution is -2.44. The van der Waals surface area contributed by atoms with E-state index >= 15 is 0 Å². The molecule has 2 saturated carbocycles. The molecule has 2 rings (SSSR count). The number of carbonyl (C=O) groups excluding carboxylic acids is 1. The summed E-state index contributed by atoms with van der Waals surface area (Å²) in [6.07, 6.45) is 6.60. The lowest BCUT2D eigenvalue weighted by atomic mass is 9.80. The Morgan fingerprint density at radius 3 is 2.60 bits per heavy atom. The van der Waals surface area contributed by atoms with Gasteiger partial charge in [0.15, 0.2) is 0 Å². The van der Waals surface area contributed by atoms with Crippen molar-refractivity contribution >= 4 is 5.91 Å². The Morgan fingerprint density at radius 1 is 1.33 bits per heavy atom. The molecule has 0 spiro atoms. The minimum atomic E-state index is 0.162. The summed E-state index contributed by atoms with van der Waals surface area (Å²) in [5.74, 6) is 1.74. The first-order valence-electron chi connectivity index (χ1n) is 6.26. The molecule has 2 aliphatic rings. The smallest absolute Gasteiger partial charge is 0.234 e. The van der Waals surface area contributed by atoms with Crippen LogP contribution < -0.4 is 10.6 Å². The van der Waals surface area contributed by atoms with Gasteiger partial charge in [-0.25, -0.2) is 0 Å². The molecule has 0 bridgehead atoms. The van der Waals surface area contributed by atoms with Gasteiger partial charge in [0.2, 0.25) is 5.91 Å². The van der Waals surface area contributed by atoms with Crippen LogP contribution >= 0.6 is 0 Å². The van der Waals surface area contributed by atoms with Gasteiger partial charge < -0.3 is 10.6 Å². The summed E-state index contributed by atoms with van der Waals surface area (Å²) in [5.41, 5.74) is 0. The van der Waals surface area contributed by atoms with E-state index in [4.69, 9.17) is 0 Å². The van der Waals surface area contributed by atoms with Crippen LogP contribution in [0.25, 0.3) is 0 Å². The molecule has 15 heavy (non-hydrogen) atoms. The van der Waals surface area contributed by atoms with E-state index in [0.29, 0.717) is 12.6 Å². The van der Waals surface area contributed by atoms with E-state index < -0.39 is 0 Å². The zero-order chi connectivity index (χ0) is 10.7. The average Bonchev–Trinajstić information content (AvgIpc) is 2.83. The first-order chi connectivity index (χ1) is 7.25. The van der Waals surface area contributed by atoms with Crippen LogP contribution in [-0.4, -0.2) is 25.0 Å². The van der Waals surface area contributed by atoms with Crippen molar-refractivity contribution < 1.29 is 4.79 Å². The van der Waals surface area contributed by atoms with Crippen LogP contribution in [-0.2, 0) is 4.79 Å². The number of amides is 1. The molecule has 2 aliphatic carbocycles. The lowest BCUT2D eigenvalue weighted by molar-refractivity contribution is -0.121. The van der Waals surface area contributed by atoms with E-state index in [9.17, 15) is 4.79 Å². The third-order valence-corrected chi connectivity index (χ3v) is 3.66. The molecule has 0 saturated heterocycles. The number of hydrogen-bond acceptors (Lipinski definition) is 2. The molecule has 0 aromatic rings. The summed E-state index contributed by atoms with van der Waals surface area (Å²) in [6.45, 7) is 3.64. The highest BCUT2D eigenvalue weighted by atomic mass is 16.1. The van der Waals surface area contributed by atoms with Gasteiger partial charge in [0.1, 0.15) is 0 Å². The molecular weight excluding hydrogens is 188 g/mol. The summed E-state index contributed by atoms with van der Waals surface area (Å²) in [5, 5.41) is 6.29. The van der Waals surface area contributed by atoms with Gasteiger partial charge in [-0.3, -0.25) is 4.79 Å². The van der Waals surface area contributed by atoms with Crippen LogP contribution in [0.4, 0.5) is 0 Å². The molecule has 2 N–H and O–H groups in total. The molecule has 0 aromatic heterocycles. The van der Waals surface area contributed by atoms with Gasteiger partial charge in [0.25, 0.3) is 0 Å². The molecule has 0 aromatic carbocycles. The van der Waals surface area contributed by atoms with Crippen molar-refractivity contribution in [1.82, 2.24) is 10.6 Å². The minimum absolute atomic E-state index is 0.162. The molecule has 3 heteroatoms. The Kier molecular flexibility index (Phi) is 3.62. The van der Waals surface area contributed by atoms with Gasteiger partial charge in [0.05, 0.1) is 6.54 Å². The molecule has 2 fully saturated rings. The van der Waals surface area contributed by atoms with Gasteiger partial charge in [0, 0.05) is 6.04 Å². The van der Waals surface area contributed by atoms with Crippen molar-refractivity contribution in [2.45, 2.75) is 45.1 Å². The highest BCUT2D eigenvalue weighted by molar-refractivity contribution is 5.78.